The van der Waals surface area contributed by atoms with Gasteiger partial charge in [0, 0.05) is 13.0 Å². The molecule has 0 bridgehead atoms. The molecule has 22 heavy (non-hydrogen) atoms. The van der Waals surface area contributed by atoms with Gasteiger partial charge in [0.25, 0.3) is 5.91 Å². The van der Waals surface area contributed by atoms with E-state index in [-0.39, 0.29) is 40.8 Å². The molecule has 1 atom stereocenters. The third-order valence-electron chi connectivity index (χ3n) is 3.62. The van der Waals surface area contributed by atoms with Gasteiger partial charge in [-0.25, -0.2) is 9.28 Å². The van der Waals surface area contributed by atoms with Crippen LogP contribution in [0.4, 0.5) is 4.79 Å². The summed E-state index contributed by atoms with van der Waals surface area (Å²) < 4.78 is 4.92. The Labute approximate surface area is 130 Å². The minimum Gasteiger partial charge on any atom is -0.459 e. The summed E-state index contributed by atoms with van der Waals surface area (Å²) in [5.74, 6) is -0.386. The molecular formula is C15H24N3O4+. The van der Waals surface area contributed by atoms with Crippen molar-refractivity contribution in [1.82, 2.24) is 5.32 Å². The van der Waals surface area contributed by atoms with Crippen LogP contribution in [0.15, 0.2) is 22.8 Å². The van der Waals surface area contributed by atoms with E-state index < -0.39 is 6.03 Å². The lowest BCUT2D eigenvalue weighted by molar-refractivity contribution is -0.810. The van der Waals surface area contributed by atoms with E-state index in [1.165, 1.54) is 6.26 Å². The van der Waals surface area contributed by atoms with E-state index in [2.05, 4.69) is 5.32 Å². The molecule has 0 aliphatic heterocycles. The van der Waals surface area contributed by atoms with Crippen molar-refractivity contribution < 1.29 is 23.3 Å². The van der Waals surface area contributed by atoms with Crippen LogP contribution in [0.3, 0.4) is 0 Å². The average molecular weight is 310 g/mol. The molecule has 0 aliphatic carbocycles. The standard InChI is InChI=1S/C15H23N3O4/c1-4-11(10-18(2,3)15(16)21)12(19)7-8-17-14(20)13-6-5-9-22-13/h5-6,9,11H,4,7-8,10H2,1-3H3,(H2-,16,17,20,21)/p+1/t11-/m0/s1. The second-order valence-corrected chi connectivity index (χ2v) is 5.76. The summed E-state index contributed by atoms with van der Waals surface area (Å²) >= 11 is 0. The highest BCUT2D eigenvalue weighted by Gasteiger charge is 2.30. The van der Waals surface area contributed by atoms with Gasteiger partial charge >= 0.3 is 6.03 Å². The van der Waals surface area contributed by atoms with Crippen LogP contribution in [-0.2, 0) is 4.79 Å². The first-order chi connectivity index (χ1) is 10.3. The Kier molecular flexibility index (Phi) is 6.30. The number of carbonyl (C=O) groups is 3. The number of nitrogens with zero attached hydrogens (tertiary/aromatic N) is 1. The van der Waals surface area contributed by atoms with Gasteiger partial charge in [0.1, 0.15) is 5.78 Å². The molecule has 1 rings (SSSR count). The maximum Gasteiger partial charge on any atom is 0.413 e. The highest BCUT2D eigenvalue weighted by Crippen LogP contribution is 2.12. The first-order valence-corrected chi connectivity index (χ1v) is 7.25. The summed E-state index contributed by atoms with van der Waals surface area (Å²) in [5, 5.41) is 2.63. The Hall–Kier alpha value is -2.15. The first-order valence-electron chi connectivity index (χ1n) is 7.25. The van der Waals surface area contributed by atoms with Crippen molar-refractivity contribution in [2.24, 2.45) is 11.7 Å². The number of Topliss-reactive ketones (excluding diaryl/α,β-unsaturated/α-hetero) is 1. The second-order valence-electron chi connectivity index (χ2n) is 5.76. The molecule has 0 fully saturated rings. The number of nitrogens with one attached hydrogen (secondary N) is 1. The van der Waals surface area contributed by atoms with Gasteiger partial charge in [-0.05, 0) is 18.6 Å². The third-order valence-corrected chi connectivity index (χ3v) is 3.62. The number of rotatable bonds is 8. The largest absolute Gasteiger partial charge is 0.459 e. The summed E-state index contributed by atoms with van der Waals surface area (Å²) in [7, 11) is 3.36. The first kappa shape index (κ1) is 17.9. The van der Waals surface area contributed by atoms with Gasteiger partial charge in [-0.15, -0.1) is 0 Å². The van der Waals surface area contributed by atoms with Gasteiger partial charge in [-0.2, -0.15) is 0 Å². The molecule has 0 saturated carbocycles. The summed E-state index contributed by atoms with van der Waals surface area (Å²) in [6, 6.07) is 2.70. The fourth-order valence-corrected chi connectivity index (χ4v) is 2.10. The minimum atomic E-state index is -0.475. The van der Waals surface area contributed by atoms with Crippen LogP contribution in [0.2, 0.25) is 0 Å². The SMILES string of the molecule is CC[C@@H](C[N+](C)(C)C(N)=O)C(=O)CCNC(=O)c1ccco1. The predicted octanol–water partition coefficient (Wildman–Crippen LogP) is 1.15. The molecule has 0 spiro atoms. The molecule has 0 radical (unpaired) electrons. The van der Waals surface area contributed by atoms with Gasteiger partial charge in [-0.3, -0.25) is 9.59 Å². The van der Waals surface area contributed by atoms with Crippen molar-refractivity contribution >= 4 is 17.7 Å². The molecule has 3 amide bonds. The van der Waals surface area contributed by atoms with Gasteiger partial charge in [0.05, 0.1) is 32.8 Å². The van der Waals surface area contributed by atoms with E-state index >= 15 is 0 Å². The molecular weight excluding hydrogens is 286 g/mol. The van der Waals surface area contributed by atoms with Crippen molar-refractivity contribution in [3.63, 3.8) is 0 Å². The molecule has 1 heterocycles. The van der Waals surface area contributed by atoms with Gasteiger partial charge in [-0.1, -0.05) is 6.92 Å². The highest BCUT2D eigenvalue weighted by molar-refractivity contribution is 5.91. The number of ketones is 1. The lowest BCUT2D eigenvalue weighted by Crippen LogP contribution is -2.52. The molecule has 0 aliphatic rings. The number of urea groups is 1. The van der Waals surface area contributed by atoms with Gasteiger partial charge in [0.15, 0.2) is 5.76 Å². The molecule has 0 saturated heterocycles. The number of furan rings is 1. The number of hydrogen-bond donors (Lipinski definition) is 2. The summed E-state index contributed by atoms with van der Waals surface area (Å²) in [6.45, 7) is 2.49. The number of amides is 3. The van der Waals surface area contributed by atoms with Crippen LogP contribution in [0.5, 0.6) is 0 Å². The smallest absolute Gasteiger partial charge is 0.413 e. The fraction of sp³-hybridized carbons (Fsp3) is 0.533. The Morgan fingerprint density at radius 1 is 1.36 bits per heavy atom. The van der Waals surface area contributed by atoms with Crippen molar-refractivity contribution in [3.8, 4) is 0 Å². The van der Waals surface area contributed by atoms with Crippen LogP contribution in [0.1, 0.15) is 30.3 Å². The molecule has 7 nitrogen and oxygen atoms in total. The molecule has 3 N–H and O–H groups in total. The minimum absolute atomic E-state index is 0.00898. The zero-order valence-corrected chi connectivity index (χ0v) is 13.3. The third kappa shape index (κ3) is 5.00. The fourth-order valence-electron chi connectivity index (χ4n) is 2.10. The lowest BCUT2D eigenvalue weighted by Gasteiger charge is -2.28. The zero-order chi connectivity index (χ0) is 16.8. The van der Waals surface area contributed by atoms with Crippen molar-refractivity contribution in [1.29, 1.82) is 0 Å². The van der Waals surface area contributed by atoms with Gasteiger partial charge in [0.2, 0.25) is 0 Å². The van der Waals surface area contributed by atoms with Crippen molar-refractivity contribution in [2.75, 3.05) is 27.2 Å². The van der Waals surface area contributed by atoms with Crippen LogP contribution in [0, 0.1) is 5.92 Å². The van der Waals surface area contributed by atoms with Crippen LogP contribution in [-0.4, -0.2) is 49.4 Å². The molecule has 1 aromatic rings. The van der Waals surface area contributed by atoms with E-state index in [1.54, 1.807) is 26.2 Å². The van der Waals surface area contributed by atoms with E-state index in [0.29, 0.717) is 13.0 Å². The highest BCUT2D eigenvalue weighted by atomic mass is 16.3. The second kappa shape index (κ2) is 7.74. The number of quaternary nitrogens is 1. The quantitative estimate of drug-likeness (QED) is 0.703. The summed E-state index contributed by atoms with van der Waals surface area (Å²) in [4.78, 5) is 35.2. The lowest BCUT2D eigenvalue weighted by atomic mass is 9.97. The molecule has 1 aromatic heterocycles. The van der Waals surface area contributed by atoms with E-state index in [4.69, 9.17) is 10.2 Å². The summed E-state index contributed by atoms with van der Waals surface area (Å²) in [6.07, 6.45) is 2.25. The van der Waals surface area contributed by atoms with Crippen LogP contribution >= 0.6 is 0 Å². The van der Waals surface area contributed by atoms with Crippen LogP contribution in [0.25, 0.3) is 0 Å². The maximum atomic E-state index is 12.2. The normalized spacial score (nSPS) is 12.7. The average Bonchev–Trinajstić information content (AvgIpc) is 2.98. The Balaban J connectivity index is 2.45. The Morgan fingerprint density at radius 2 is 2.05 bits per heavy atom. The molecule has 122 valence electrons. The van der Waals surface area contributed by atoms with Crippen LogP contribution < -0.4 is 11.1 Å². The summed E-state index contributed by atoms with van der Waals surface area (Å²) in [5.41, 5.74) is 5.32. The van der Waals surface area contributed by atoms with E-state index in [9.17, 15) is 14.4 Å². The van der Waals surface area contributed by atoms with Gasteiger partial charge < -0.3 is 15.5 Å². The monoisotopic (exact) mass is 310 g/mol. The zero-order valence-electron chi connectivity index (χ0n) is 13.3. The number of nitrogens with two attached hydrogens (primary N) is 1. The number of primary amides is 1. The molecule has 0 aromatic carbocycles. The Morgan fingerprint density at radius 3 is 2.55 bits per heavy atom. The molecule has 0 unspecified atom stereocenters. The topological polar surface area (TPSA) is 102 Å². The van der Waals surface area contributed by atoms with E-state index in [0.717, 1.165) is 0 Å². The van der Waals surface area contributed by atoms with Crippen molar-refractivity contribution in [2.45, 2.75) is 19.8 Å². The van der Waals surface area contributed by atoms with Crippen molar-refractivity contribution in [3.05, 3.63) is 24.2 Å². The number of hydrogen-bond acceptors (Lipinski definition) is 4. The van der Waals surface area contributed by atoms with E-state index in [1.807, 2.05) is 6.92 Å². The maximum absolute atomic E-state index is 12.2. The molecule has 7 heteroatoms. The predicted molar refractivity (Wildman–Crippen MR) is 81.0 cm³/mol. The Bertz CT molecular complexity index is 523. The number of carbonyl (C=O) groups excluding carboxylic acids is 3.